The standard InChI is InChI=1S/C25H33N3O3S/c1-16(25-13-17-9-18(14-25)11-19(10-17)15-25)26-24(29)20-6-7-21-22(12-20)32(30,31)27-23-5-3-2-4-8-28(21)23/h6-7,12,16-19H,2-5,8-11,13-15H2,1H3,(H,26,29). The Kier molecular flexibility index (Phi) is 4.73. The number of fused-ring (bicyclic) bond motifs is 3. The normalized spacial score (nSPS) is 35.3. The molecule has 6 nitrogen and oxygen atoms in total. The number of amidine groups is 1. The molecule has 1 amide bonds. The maximum Gasteiger partial charge on any atom is 0.286 e. The molecule has 172 valence electrons. The smallest absolute Gasteiger partial charge is 0.286 e. The highest BCUT2D eigenvalue weighted by Gasteiger charge is 2.53. The highest BCUT2D eigenvalue weighted by atomic mass is 32.2. The fourth-order valence-corrected chi connectivity index (χ4v) is 9.05. The highest BCUT2D eigenvalue weighted by Crippen LogP contribution is 2.61. The molecule has 0 spiro atoms. The van der Waals surface area contributed by atoms with E-state index < -0.39 is 10.0 Å². The van der Waals surface area contributed by atoms with Gasteiger partial charge in [0.15, 0.2) is 0 Å². The van der Waals surface area contributed by atoms with Crippen LogP contribution in [0.1, 0.15) is 81.5 Å². The summed E-state index contributed by atoms with van der Waals surface area (Å²) in [5.41, 5.74) is 1.30. The van der Waals surface area contributed by atoms with Crippen LogP contribution in [0.15, 0.2) is 27.5 Å². The third kappa shape index (κ3) is 3.30. The fraction of sp³-hybridized carbons (Fsp3) is 0.680. The SMILES string of the molecule is CC(NC(=O)c1ccc2c(c1)S(=O)(=O)N=C1CCCCCN12)C12CC3CC(CC(C3)C1)C2. The molecule has 2 heterocycles. The number of hydrogen-bond donors (Lipinski definition) is 1. The van der Waals surface area contributed by atoms with Crippen LogP contribution in [-0.2, 0) is 10.0 Å². The second kappa shape index (κ2) is 7.31. The van der Waals surface area contributed by atoms with Crippen molar-refractivity contribution in [3.63, 3.8) is 0 Å². The van der Waals surface area contributed by atoms with Crippen molar-refractivity contribution in [1.82, 2.24) is 5.32 Å². The van der Waals surface area contributed by atoms with E-state index in [-0.39, 0.29) is 22.3 Å². The lowest BCUT2D eigenvalue weighted by molar-refractivity contribution is -0.0688. The molecular formula is C25H33N3O3S. The number of rotatable bonds is 3. The first-order chi connectivity index (χ1) is 15.3. The van der Waals surface area contributed by atoms with Gasteiger partial charge in [0.1, 0.15) is 10.7 Å². The van der Waals surface area contributed by atoms with Crippen molar-refractivity contribution < 1.29 is 13.2 Å². The zero-order valence-corrected chi connectivity index (χ0v) is 19.7. The quantitative estimate of drug-likeness (QED) is 0.728. The van der Waals surface area contributed by atoms with Crippen LogP contribution < -0.4 is 10.2 Å². The Bertz CT molecular complexity index is 1060. The van der Waals surface area contributed by atoms with Crippen molar-refractivity contribution in [2.75, 3.05) is 11.4 Å². The largest absolute Gasteiger partial charge is 0.349 e. The number of amides is 1. The van der Waals surface area contributed by atoms with Gasteiger partial charge < -0.3 is 10.2 Å². The molecule has 1 atom stereocenters. The third-order valence-corrected chi connectivity index (χ3v) is 10.3. The van der Waals surface area contributed by atoms with Crippen LogP contribution in [0.5, 0.6) is 0 Å². The molecule has 4 aliphatic carbocycles. The molecule has 0 aromatic heterocycles. The van der Waals surface area contributed by atoms with Gasteiger partial charge in [0.2, 0.25) is 0 Å². The average molecular weight is 456 g/mol. The van der Waals surface area contributed by atoms with Crippen LogP contribution in [0.25, 0.3) is 0 Å². The van der Waals surface area contributed by atoms with Crippen molar-refractivity contribution in [3.05, 3.63) is 23.8 Å². The Hall–Kier alpha value is -1.89. The van der Waals surface area contributed by atoms with E-state index in [0.717, 1.165) is 43.6 Å². The molecule has 6 aliphatic rings. The van der Waals surface area contributed by atoms with Gasteiger partial charge in [-0.15, -0.1) is 4.40 Å². The van der Waals surface area contributed by atoms with Crippen molar-refractivity contribution in [2.45, 2.75) is 82.1 Å². The summed E-state index contributed by atoms with van der Waals surface area (Å²) >= 11 is 0. The first-order valence-corrected chi connectivity index (χ1v) is 13.8. The lowest BCUT2D eigenvalue weighted by Gasteiger charge is -2.59. The molecule has 1 saturated heterocycles. The molecule has 0 radical (unpaired) electrons. The molecule has 32 heavy (non-hydrogen) atoms. The lowest BCUT2D eigenvalue weighted by Crippen LogP contribution is -2.55. The summed E-state index contributed by atoms with van der Waals surface area (Å²) in [7, 11) is -3.78. The van der Waals surface area contributed by atoms with Crippen LogP contribution in [-0.4, -0.2) is 32.7 Å². The second-order valence-electron chi connectivity index (χ2n) is 11.1. The van der Waals surface area contributed by atoms with E-state index in [1.165, 1.54) is 44.6 Å². The predicted octanol–water partition coefficient (Wildman–Crippen LogP) is 4.50. The highest BCUT2D eigenvalue weighted by molar-refractivity contribution is 7.90. The lowest BCUT2D eigenvalue weighted by atomic mass is 9.48. The van der Waals surface area contributed by atoms with Gasteiger partial charge in [0, 0.05) is 24.6 Å². The fourth-order valence-electron chi connectivity index (χ4n) is 7.76. The Morgan fingerprint density at radius 1 is 1.09 bits per heavy atom. The van der Waals surface area contributed by atoms with Crippen molar-refractivity contribution in [1.29, 1.82) is 0 Å². The minimum absolute atomic E-state index is 0.103. The third-order valence-electron chi connectivity index (χ3n) is 8.96. The minimum atomic E-state index is -3.78. The summed E-state index contributed by atoms with van der Waals surface area (Å²) in [6.07, 6.45) is 11.6. The molecule has 1 unspecified atom stereocenters. The molecule has 5 fully saturated rings. The summed E-state index contributed by atoms with van der Waals surface area (Å²) in [6, 6.07) is 5.23. The van der Waals surface area contributed by atoms with E-state index in [2.05, 4.69) is 16.6 Å². The molecule has 2 aliphatic heterocycles. The van der Waals surface area contributed by atoms with E-state index in [1.807, 2.05) is 4.90 Å². The van der Waals surface area contributed by atoms with Crippen LogP contribution in [0.2, 0.25) is 0 Å². The number of hydrogen-bond acceptors (Lipinski definition) is 4. The van der Waals surface area contributed by atoms with Crippen molar-refractivity contribution >= 4 is 27.5 Å². The van der Waals surface area contributed by atoms with Gasteiger partial charge in [-0.3, -0.25) is 4.79 Å². The maximum atomic E-state index is 13.2. The maximum absolute atomic E-state index is 13.2. The number of sulfonamides is 1. The summed E-state index contributed by atoms with van der Waals surface area (Å²) in [5.74, 6) is 2.96. The molecule has 7 heteroatoms. The zero-order valence-electron chi connectivity index (χ0n) is 18.8. The number of carbonyl (C=O) groups excluding carboxylic acids is 1. The van der Waals surface area contributed by atoms with Gasteiger partial charge in [0.25, 0.3) is 15.9 Å². The Morgan fingerprint density at radius 2 is 1.78 bits per heavy atom. The number of nitrogens with zero attached hydrogens (tertiary/aromatic N) is 2. The van der Waals surface area contributed by atoms with Crippen LogP contribution >= 0.6 is 0 Å². The van der Waals surface area contributed by atoms with Crippen LogP contribution in [0.4, 0.5) is 5.69 Å². The molecule has 1 N–H and O–H groups in total. The molecular weight excluding hydrogens is 422 g/mol. The topological polar surface area (TPSA) is 78.8 Å². The molecule has 1 aromatic carbocycles. The Labute approximate surface area is 190 Å². The number of benzene rings is 1. The summed E-state index contributed by atoms with van der Waals surface area (Å²) < 4.78 is 30.0. The molecule has 7 rings (SSSR count). The number of anilines is 1. The van der Waals surface area contributed by atoms with E-state index in [0.29, 0.717) is 23.5 Å². The van der Waals surface area contributed by atoms with E-state index in [9.17, 15) is 13.2 Å². The van der Waals surface area contributed by atoms with Gasteiger partial charge in [-0.05, 0) is 99.7 Å². The summed E-state index contributed by atoms with van der Waals surface area (Å²) in [4.78, 5) is 15.4. The molecule has 1 aromatic rings. The first kappa shape index (κ1) is 20.7. The van der Waals surface area contributed by atoms with Crippen LogP contribution in [0.3, 0.4) is 0 Å². The van der Waals surface area contributed by atoms with Crippen molar-refractivity contribution in [2.24, 2.45) is 27.6 Å². The minimum Gasteiger partial charge on any atom is -0.349 e. The van der Waals surface area contributed by atoms with Gasteiger partial charge in [-0.25, -0.2) is 0 Å². The first-order valence-electron chi connectivity index (χ1n) is 12.4. The van der Waals surface area contributed by atoms with Gasteiger partial charge >= 0.3 is 0 Å². The van der Waals surface area contributed by atoms with Gasteiger partial charge in [0.05, 0.1) is 5.69 Å². The summed E-state index contributed by atoms with van der Waals surface area (Å²) in [6.45, 7) is 2.93. The molecule has 4 saturated carbocycles. The van der Waals surface area contributed by atoms with Gasteiger partial charge in [-0.1, -0.05) is 6.42 Å². The second-order valence-corrected chi connectivity index (χ2v) is 12.7. The zero-order chi connectivity index (χ0) is 22.1. The Morgan fingerprint density at radius 3 is 2.47 bits per heavy atom. The Balaban J connectivity index is 1.26. The predicted molar refractivity (Wildman–Crippen MR) is 124 cm³/mol. The monoisotopic (exact) mass is 455 g/mol. The van der Waals surface area contributed by atoms with E-state index in [1.54, 1.807) is 12.1 Å². The van der Waals surface area contributed by atoms with Crippen LogP contribution in [0, 0.1) is 23.2 Å². The van der Waals surface area contributed by atoms with E-state index in [4.69, 9.17) is 0 Å². The van der Waals surface area contributed by atoms with Gasteiger partial charge in [-0.2, -0.15) is 8.42 Å². The molecule has 4 bridgehead atoms. The average Bonchev–Trinajstić information content (AvgIpc) is 2.97. The number of nitrogens with one attached hydrogen (secondary N) is 1. The van der Waals surface area contributed by atoms with Crippen molar-refractivity contribution in [3.8, 4) is 0 Å². The van der Waals surface area contributed by atoms with E-state index >= 15 is 0 Å². The number of carbonyl (C=O) groups is 1. The summed E-state index contributed by atoms with van der Waals surface area (Å²) in [5, 5.41) is 3.27.